The van der Waals surface area contributed by atoms with Crippen LogP contribution in [-0.2, 0) is 26.0 Å². The number of nitrogens with zero attached hydrogens (tertiary/aromatic N) is 2. The fraction of sp³-hybridized carbons (Fsp3) is 0.364. The molecule has 30 heavy (non-hydrogen) atoms. The Morgan fingerprint density at radius 1 is 1.10 bits per heavy atom. The van der Waals surface area contributed by atoms with Gasteiger partial charge in [-0.3, -0.25) is 9.10 Å². The third kappa shape index (κ3) is 3.67. The summed E-state index contributed by atoms with van der Waals surface area (Å²) in [6.45, 7) is 3.98. The van der Waals surface area contributed by atoms with E-state index in [9.17, 15) is 18.0 Å². The van der Waals surface area contributed by atoms with Crippen LogP contribution < -0.4 is 9.21 Å². The molecule has 0 unspecified atom stereocenters. The van der Waals surface area contributed by atoms with Gasteiger partial charge in [-0.15, -0.1) is 0 Å². The van der Waals surface area contributed by atoms with Crippen LogP contribution in [0.3, 0.4) is 0 Å². The molecule has 158 valence electrons. The van der Waals surface area contributed by atoms with Gasteiger partial charge in [0.1, 0.15) is 0 Å². The van der Waals surface area contributed by atoms with Gasteiger partial charge in [-0.25, -0.2) is 13.2 Å². The average Bonchev–Trinajstić information content (AvgIpc) is 3.25. The number of sulfonamides is 1. The smallest absolute Gasteiger partial charge is 0.338 e. The molecule has 2 aromatic carbocycles. The molecule has 1 amide bonds. The minimum absolute atomic E-state index is 0.00209. The standard InChI is InChI=1S/C22H24N2O5S/c1-15-14-18-6-3-4-7-20(18)24(15)21(25)16(2)29-22(26)17-8-10-19(11-9-17)23-12-5-13-30(23,27)28/h3-4,6-11,15-16H,5,12-14H2,1-2H3/t15-,16-/m1/s1. The molecule has 0 bridgehead atoms. The molecule has 7 nitrogen and oxygen atoms in total. The number of amides is 1. The highest BCUT2D eigenvalue weighted by Gasteiger charge is 2.34. The Hall–Kier alpha value is -2.87. The SMILES string of the molecule is C[C@@H]1Cc2ccccc2N1C(=O)[C@@H](C)OC(=O)c1ccc(N2CCCS2(=O)=O)cc1. The maximum atomic E-state index is 13.0. The Kier molecular flexibility index (Phi) is 5.27. The van der Waals surface area contributed by atoms with Crippen molar-refractivity contribution >= 4 is 33.3 Å². The largest absolute Gasteiger partial charge is 0.449 e. The summed E-state index contributed by atoms with van der Waals surface area (Å²) in [6, 6.07) is 13.9. The maximum Gasteiger partial charge on any atom is 0.338 e. The van der Waals surface area contributed by atoms with E-state index >= 15 is 0 Å². The summed E-state index contributed by atoms with van der Waals surface area (Å²) in [5.74, 6) is -0.749. The molecule has 0 saturated carbocycles. The lowest BCUT2D eigenvalue weighted by atomic mass is 10.1. The van der Waals surface area contributed by atoms with Crippen molar-refractivity contribution < 1.29 is 22.7 Å². The predicted octanol–water partition coefficient (Wildman–Crippen LogP) is 2.75. The second-order valence-corrected chi connectivity index (χ2v) is 9.74. The molecule has 8 heteroatoms. The van der Waals surface area contributed by atoms with Crippen molar-refractivity contribution in [2.24, 2.45) is 0 Å². The zero-order valence-corrected chi connectivity index (χ0v) is 17.8. The van der Waals surface area contributed by atoms with Gasteiger partial charge in [-0.2, -0.15) is 0 Å². The minimum atomic E-state index is -3.28. The van der Waals surface area contributed by atoms with Gasteiger partial charge >= 0.3 is 5.97 Å². The quantitative estimate of drug-likeness (QED) is 0.699. The highest BCUT2D eigenvalue weighted by molar-refractivity contribution is 7.93. The van der Waals surface area contributed by atoms with Gasteiger partial charge in [0.05, 0.1) is 17.0 Å². The summed E-state index contributed by atoms with van der Waals surface area (Å²) in [6.07, 6.45) is 0.414. The second kappa shape index (κ2) is 7.75. The van der Waals surface area contributed by atoms with Gasteiger partial charge in [-0.1, -0.05) is 18.2 Å². The van der Waals surface area contributed by atoms with Gasteiger partial charge in [0.2, 0.25) is 10.0 Å². The summed E-state index contributed by atoms with van der Waals surface area (Å²) in [5.41, 5.74) is 2.75. The molecule has 2 aliphatic heterocycles. The van der Waals surface area contributed by atoms with Gasteiger partial charge < -0.3 is 9.64 Å². The zero-order chi connectivity index (χ0) is 21.5. The van der Waals surface area contributed by atoms with Crippen LogP contribution in [0.15, 0.2) is 48.5 Å². The van der Waals surface area contributed by atoms with E-state index in [1.807, 2.05) is 31.2 Å². The first-order valence-corrected chi connectivity index (χ1v) is 11.6. The summed E-state index contributed by atoms with van der Waals surface area (Å²) in [7, 11) is -3.28. The lowest BCUT2D eigenvalue weighted by molar-refractivity contribution is -0.126. The molecule has 2 aliphatic rings. The Bertz CT molecular complexity index is 1080. The van der Waals surface area contributed by atoms with Crippen LogP contribution in [0.1, 0.15) is 36.2 Å². The van der Waals surface area contributed by atoms with Gasteiger partial charge in [0, 0.05) is 18.3 Å². The predicted molar refractivity (Wildman–Crippen MR) is 114 cm³/mol. The molecule has 0 radical (unpaired) electrons. The number of fused-ring (bicyclic) bond motifs is 1. The van der Waals surface area contributed by atoms with Crippen molar-refractivity contribution in [1.82, 2.24) is 0 Å². The van der Waals surface area contributed by atoms with Crippen molar-refractivity contribution in [3.63, 3.8) is 0 Å². The van der Waals surface area contributed by atoms with Gasteiger partial charge in [0.25, 0.3) is 5.91 Å². The van der Waals surface area contributed by atoms with Crippen LogP contribution in [-0.4, -0.2) is 44.7 Å². The van der Waals surface area contributed by atoms with Crippen LogP contribution in [0.2, 0.25) is 0 Å². The van der Waals surface area contributed by atoms with E-state index in [4.69, 9.17) is 4.74 Å². The van der Waals surface area contributed by atoms with Crippen molar-refractivity contribution in [1.29, 1.82) is 0 Å². The Labute approximate surface area is 176 Å². The van der Waals surface area contributed by atoms with Crippen LogP contribution in [0.4, 0.5) is 11.4 Å². The molecule has 2 aromatic rings. The molecule has 4 rings (SSSR count). The maximum absolute atomic E-state index is 13.0. The summed E-state index contributed by atoms with van der Waals surface area (Å²) in [4.78, 5) is 27.2. The summed E-state index contributed by atoms with van der Waals surface area (Å²) >= 11 is 0. The van der Waals surface area contributed by atoms with Crippen LogP contribution in [0.5, 0.6) is 0 Å². The normalized spacial score (nSPS) is 20.7. The fourth-order valence-corrected chi connectivity index (χ4v) is 5.63. The molecule has 2 atom stereocenters. The molecule has 0 aromatic heterocycles. The molecular formula is C22H24N2O5S. The summed E-state index contributed by atoms with van der Waals surface area (Å²) < 4.78 is 30.8. The van der Waals surface area contributed by atoms with Crippen LogP contribution >= 0.6 is 0 Å². The average molecular weight is 429 g/mol. The number of hydrogen-bond donors (Lipinski definition) is 0. The molecule has 0 N–H and O–H groups in total. The van der Waals surface area contributed by atoms with Crippen molar-refractivity contribution in [3.05, 3.63) is 59.7 Å². The van der Waals surface area contributed by atoms with Crippen molar-refractivity contribution in [2.75, 3.05) is 21.5 Å². The van der Waals surface area contributed by atoms with Crippen LogP contribution in [0, 0.1) is 0 Å². The highest BCUT2D eigenvalue weighted by atomic mass is 32.2. The molecule has 1 saturated heterocycles. The van der Waals surface area contributed by atoms with E-state index in [1.54, 1.807) is 24.0 Å². The first-order chi connectivity index (χ1) is 14.3. The molecule has 1 fully saturated rings. The van der Waals surface area contributed by atoms with E-state index in [2.05, 4.69) is 0 Å². The summed E-state index contributed by atoms with van der Waals surface area (Å²) in [5, 5.41) is 0. The second-order valence-electron chi connectivity index (χ2n) is 7.73. The van der Waals surface area contributed by atoms with E-state index in [0.29, 0.717) is 18.7 Å². The van der Waals surface area contributed by atoms with E-state index in [0.717, 1.165) is 17.7 Å². The fourth-order valence-electron chi connectivity index (χ4n) is 4.07. The first kappa shape index (κ1) is 20.4. The van der Waals surface area contributed by atoms with Crippen LogP contribution in [0.25, 0.3) is 0 Å². The number of para-hydroxylation sites is 1. The highest BCUT2D eigenvalue weighted by Crippen LogP contribution is 2.32. The number of hydrogen-bond acceptors (Lipinski definition) is 5. The molecule has 2 heterocycles. The molecule has 0 aliphatic carbocycles. The molecule has 0 spiro atoms. The number of ether oxygens (including phenoxy) is 1. The number of carbonyl (C=O) groups excluding carboxylic acids is 2. The Morgan fingerprint density at radius 2 is 1.80 bits per heavy atom. The lowest BCUT2D eigenvalue weighted by Gasteiger charge is -2.26. The third-order valence-corrected chi connectivity index (χ3v) is 7.44. The molecular weight excluding hydrogens is 404 g/mol. The number of carbonyl (C=O) groups is 2. The van der Waals surface area contributed by atoms with Gasteiger partial charge in [0.15, 0.2) is 6.10 Å². The Balaban J connectivity index is 1.44. The van der Waals surface area contributed by atoms with Gasteiger partial charge in [-0.05, 0) is 62.6 Å². The Morgan fingerprint density at radius 3 is 2.47 bits per heavy atom. The van der Waals surface area contributed by atoms with E-state index in [1.165, 1.54) is 16.4 Å². The van der Waals surface area contributed by atoms with E-state index in [-0.39, 0.29) is 23.3 Å². The first-order valence-electron chi connectivity index (χ1n) is 10.0. The monoisotopic (exact) mass is 428 g/mol. The topological polar surface area (TPSA) is 84.0 Å². The number of rotatable bonds is 4. The zero-order valence-electron chi connectivity index (χ0n) is 16.9. The van der Waals surface area contributed by atoms with E-state index < -0.39 is 22.1 Å². The lowest BCUT2D eigenvalue weighted by Crippen LogP contribution is -2.43. The van der Waals surface area contributed by atoms with Crippen molar-refractivity contribution in [3.8, 4) is 0 Å². The minimum Gasteiger partial charge on any atom is -0.449 e. The number of esters is 1. The number of benzene rings is 2. The number of anilines is 2. The third-order valence-electron chi connectivity index (χ3n) is 5.57. The van der Waals surface area contributed by atoms with Crippen molar-refractivity contribution in [2.45, 2.75) is 38.8 Å².